The van der Waals surface area contributed by atoms with E-state index in [1.165, 1.54) is 0 Å². The maximum atomic E-state index is 12.7. The molecule has 0 spiro atoms. The predicted molar refractivity (Wildman–Crippen MR) is 98.8 cm³/mol. The fourth-order valence-electron chi connectivity index (χ4n) is 3.23. The molecule has 1 aromatic carbocycles. The van der Waals surface area contributed by atoms with Crippen molar-refractivity contribution in [2.24, 2.45) is 0 Å². The SMILES string of the molecule is COc1cccc(C(=O)N2CCN(C(=O)c3cnc(C4CC4)nc3)CC2)c1. The molecule has 140 valence electrons. The Morgan fingerprint density at radius 3 is 2.11 bits per heavy atom. The number of nitrogens with zero attached hydrogens (tertiary/aromatic N) is 4. The number of amides is 2. The van der Waals surface area contributed by atoms with E-state index in [9.17, 15) is 9.59 Å². The molecule has 0 N–H and O–H groups in total. The largest absolute Gasteiger partial charge is 0.497 e. The number of ether oxygens (including phenoxy) is 1. The van der Waals surface area contributed by atoms with Crippen LogP contribution in [0.1, 0.15) is 45.3 Å². The highest BCUT2D eigenvalue weighted by Crippen LogP contribution is 2.37. The lowest BCUT2D eigenvalue weighted by Gasteiger charge is -2.34. The fraction of sp³-hybridized carbons (Fsp3) is 0.400. The predicted octanol–water partition coefficient (Wildman–Crippen LogP) is 1.96. The molecule has 1 saturated carbocycles. The standard InChI is InChI=1S/C20H22N4O3/c1-27-17-4-2-3-15(11-17)19(25)23-7-9-24(10-8-23)20(26)16-12-21-18(22-13-16)14-5-6-14/h2-4,11-14H,5-10H2,1H3. The van der Waals surface area contributed by atoms with Crippen molar-refractivity contribution in [3.05, 3.63) is 53.6 Å². The van der Waals surface area contributed by atoms with Gasteiger partial charge in [-0.3, -0.25) is 9.59 Å². The van der Waals surface area contributed by atoms with Crippen molar-refractivity contribution < 1.29 is 14.3 Å². The lowest BCUT2D eigenvalue weighted by molar-refractivity contribution is 0.0535. The molecule has 0 radical (unpaired) electrons. The van der Waals surface area contributed by atoms with Crippen molar-refractivity contribution in [2.45, 2.75) is 18.8 Å². The number of hydrogen-bond donors (Lipinski definition) is 0. The zero-order valence-corrected chi connectivity index (χ0v) is 15.3. The normalized spacial score (nSPS) is 16.9. The fourth-order valence-corrected chi connectivity index (χ4v) is 3.23. The van der Waals surface area contributed by atoms with Gasteiger partial charge in [0.2, 0.25) is 0 Å². The van der Waals surface area contributed by atoms with Crippen molar-refractivity contribution in [2.75, 3.05) is 33.3 Å². The van der Waals surface area contributed by atoms with E-state index < -0.39 is 0 Å². The average molecular weight is 366 g/mol. The minimum absolute atomic E-state index is 0.0434. The summed E-state index contributed by atoms with van der Waals surface area (Å²) in [7, 11) is 1.58. The van der Waals surface area contributed by atoms with Gasteiger partial charge in [0.25, 0.3) is 11.8 Å². The molecule has 2 aliphatic rings. The third-order valence-electron chi connectivity index (χ3n) is 5.03. The number of methoxy groups -OCH3 is 1. The number of rotatable bonds is 4. The second kappa shape index (κ2) is 7.34. The van der Waals surface area contributed by atoms with Crippen LogP contribution in [0.2, 0.25) is 0 Å². The summed E-state index contributed by atoms with van der Waals surface area (Å²) in [6.07, 6.45) is 5.51. The van der Waals surface area contributed by atoms with Gasteiger partial charge in [-0.05, 0) is 31.0 Å². The first-order valence-electron chi connectivity index (χ1n) is 9.20. The molecule has 0 bridgehead atoms. The third-order valence-corrected chi connectivity index (χ3v) is 5.03. The molecule has 2 aromatic rings. The van der Waals surface area contributed by atoms with Crippen LogP contribution in [0.4, 0.5) is 0 Å². The molecular formula is C20H22N4O3. The molecule has 0 atom stereocenters. The van der Waals surface area contributed by atoms with E-state index in [0.29, 0.717) is 49.0 Å². The quantitative estimate of drug-likeness (QED) is 0.827. The van der Waals surface area contributed by atoms with E-state index in [2.05, 4.69) is 9.97 Å². The Hall–Kier alpha value is -2.96. The van der Waals surface area contributed by atoms with Gasteiger partial charge in [-0.2, -0.15) is 0 Å². The Morgan fingerprint density at radius 2 is 1.56 bits per heavy atom. The minimum atomic E-state index is -0.0779. The number of hydrogen-bond acceptors (Lipinski definition) is 5. The van der Waals surface area contributed by atoms with E-state index >= 15 is 0 Å². The molecule has 0 unspecified atom stereocenters. The first-order chi connectivity index (χ1) is 13.2. The number of piperazine rings is 1. The van der Waals surface area contributed by atoms with E-state index in [1.54, 1.807) is 47.5 Å². The molecule has 2 heterocycles. The van der Waals surface area contributed by atoms with E-state index in [-0.39, 0.29) is 11.8 Å². The third kappa shape index (κ3) is 3.77. The molecular weight excluding hydrogens is 344 g/mol. The Labute approximate surface area is 158 Å². The molecule has 2 amide bonds. The Kier molecular flexibility index (Phi) is 4.75. The Balaban J connectivity index is 1.36. The second-order valence-electron chi connectivity index (χ2n) is 6.92. The monoisotopic (exact) mass is 366 g/mol. The lowest BCUT2D eigenvalue weighted by atomic mass is 10.1. The summed E-state index contributed by atoms with van der Waals surface area (Å²) in [5, 5.41) is 0. The lowest BCUT2D eigenvalue weighted by Crippen LogP contribution is -2.50. The molecule has 1 aromatic heterocycles. The number of benzene rings is 1. The molecule has 2 fully saturated rings. The molecule has 1 aliphatic heterocycles. The highest BCUT2D eigenvalue weighted by atomic mass is 16.5. The summed E-state index contributed by atoms with van der Waals surface area (Å²) >= 11 is 0. The van der Waals surface area contributed by atoms with Gasteiger partial charge in [0.1, 0.15) is 11.6 Å². The van der Waals surface area contributed by atoms with Crippen molar-refractivity contribution in [1.29, 1.82) is 0 Å². The molecule has 1 aliphatic carbocycles. The molecule has 7 nitrogen and oxygen atoms in total. The van der Waals surface area contributed by atoms with Gasteiger partial charge in [-0.25, -0.2) is 9.97 Å². The highest BCUT2D eigenvalue weighted by molar-refractivity contribution is 5.96. The van der Waals surface area contributed by atoms with Gasteiger partial charge in [-0.15, -0.1) is 0 Å². The second-order valence-corrected chi connectivity index (χ2v) is 6.92. The summed E-state index contributed by atoms with van der Waals surface area (Å²) in [4.78, 5) is 37.5. The van der Waals surface area contributed by atoms with Crippen LogP contribution in [0.15, 0.2) is 36.7 Å². The number of carbonyl (C=O) groups is 2. The van der Waals surface area contributed by atoms with Crippen LogP contribution in [0.3, 0.4) is 0 Å². The summed E-state index contributed by atoms with van der Waals surface area (Å²) in [6, 6.07) is 7.13. The van der Waals surface area contributed by atoms with Crippen LogP contribution < -0.4 is 4.74 Å². The van der Waals surface area contributed by atoms with Crippen LogP contribution in [-0.2, 0) is 0 Å². The average Bonchev–Trinajstić information content (AvgIpc) is 3.58. The van der Waals surface area contributed by atoms with Gasteiger partial charge in [0.15, 0.2) is 0 Å². The van der Waals surface area contributed by atoms with Crippen molar-refractivity contribution in [1.82, 2.24) is 19.8 Å². The Morgan fingerprint density at radius 1 is 0.963 bits per heavy atom. The van der Waals surface area contributed by atoms with Crippen molar-refractivity contribution >= 4 is 11.8 Å². The van der Waals surface area contributed by atoms with E-state index in [0.717, 1.165) is 18.7 Å². The molecule has 1 saturated heterocycles. The van der Waals surface area contributed by atoms with Crippen LogP contribution in [-0.4, -0.2) is 64.9 Å². The van der Waals surface area contributed by atoms with Gasteiger partial charge in [-0.1, -0.05) is 6.07 Å². The topological polar surface area (TPSA) is 75.6 Å². The maximum Gasteiger partial charge on any atom is 0.257 e. The van der Waals surface area contributed by atoms with Gasteiger partial charge in [0.05, 0.1) is 12.7 Å². The van der Waals surface area contributed by atoms with Gasteiger partial charge in [0, 0.05) is 50.1 Å². The molecule has 27 heavy (non-hydrogen) atoms. The van der Waals surface area contributed by atoms with Gasteiger partial charge >= 0.3 is 0 Å². The van der Waals surface area contributed by atoms with E-state index in [1.807, 2.05) is 6.07 Å². The highest BCUT2D eigenvalue weighted by Gasteiger charge is 2.28. The summed E-state index contributed by atoms with van der Waals surface area (Å²) in [5.41, 5.74) is 1.10. The van der Waals surface area contributed by atoms with Crippen LogP contribution in [0.25, 0.3) is 0 Å². The van der Waals surface area contributed by atoms with Crippen LogP contribution >= 0.6 is 0 Å². The first-order valence-corrected chi connectivity index (χ1v) is 9.20. The van der Waals surface area contributed by atoms with Crippen LogP contribution in [0, 0.1) is 0 Å². The molecule has 7 heteroatoms. The smallest absolute Gasteiger partial charge is 0.257 e. The van der Waals surface area contributed by atoms with E-state index in [4.69, 9.17) is 4.74 Å². The zero-order chi connectivity index (χ0) is 18.8. The first kappa shape index (κ1) is 17.5. The summed E-state index contributed by atoms with van der Waals surface area (Å²) in [6.45, 7) is 2.00. The van der Waals surface area contributed by atoms with Crippen molar-refractivity contribution in [3.63, 3.8) is 0 Å². The number of aromatic nitrogens is 2. The minimum Gasteiger partial charge on any atom is -0.497 e. The maximum absolute atomic E-state index is 12.7. The van der Waals surface area contributed by atoms with Gasteiger partial charge < -0.3 is 14.5 Å². The zero-order valence-electron chi connectivity index (χ0n) is 15.3. The summed E-state index contributed by atoms with van der Waals surface area (Å²) < 4.78 is 5.18. The Bertz CT molecular complexity index is 841. The van der Waals surface area contributed by atoms with Crippen LogP contribution in [0.5, 0.6) is 5.75 Å². The summed E-state index contributed by atoms with van der Waals surface area (Å²) in [5.74, 6) is 1.84. The van der Waals surface area contributed by atoms with Crippen molar-refractivity contribution in [3.8, 4) is 5.75 Å². The molecule has 4 rings (SSSR count). The number of carbonyl (C=O) groups excluding carboxylic acids is 2.